The number of thiocarbonyl (C=S) groups is 1. The first-order valence-electron chi connectivity index (χ1n) is 9.08. The minimum Gasteiger partial charge on any atom is -0.491 e. The first-order chi connectivity index (χ1) is 12.9. The van der Waals surface area contributed by atoms with Gasteiger partial charge in [0.05, 0.1) is 17.6 Å². The van der Waals surface area contributed by atoms with E-state index in [0.717, 1.165) is 17.7 Å². The lowest BCUT2D eigenvalue weighted by Gasteiger charge is -2.13. The molecule has 0 aliphatic carbocycles. The molecule has 1 fully saturated rings. The zero-order chi connectivity index (χ0) is 19.8. The van der Waals surface area contributed by atoms with Crippen LogP contribution in [0.25, 0.3) is 6.08 Å². The molecule has 0 N–H and O–H groups in total. The lowest BCUT2D eigenvalue weighted by atomic mass is 10.2. The summed E-state index contributed by atoms with van der Waals surface area (Å²) in [7, 11) is 0. The molecule has 5 nitrogen and oxygen atoms in total. The quantitative estimate of drug-likeness (QED) is 0.343. The number of thioether (sulfide) groups is 1. The van der Waals surface area contributed by atoms with Gasteiger partial charge in [-0.15, -0.1) is 0 Å². The van der Waals surface area contributed by atoms with Crippen molar-refractivity contribution in [2.24, 2.45) is 0 Å². The van der Waals surface area contributed by atoms with Crippen molar-refractivity contribution in [2.45, 2.75) is 46.1 Å². The Kier molecular flexibility index (Phi) is 8.31. The predicted molar refractivity (Wildman–Crippen MR) is 113 cm³/mol. The number of hydrogen-bond acceptors (Lipinski definition) is 6. The summed E-state index contributed by atoms with van der Waals surface area (Å²) in [6.45, 7) is 6.75. The highest BCUT2D eigenvalue weighted by Crippen LogP contribution is 2.33. The molecule has 1 saturated heterocycles. The van der Waals surface area contributed by atoms with Gasteiger partial charge in [0.25, 0.3) is 5.91 Å². The molecule has 1 amide bonds. The average Bonchev–Trinajstić information content (AvgIpc) is 2.88. The van der Waals surface area contributed by atoms with Gasteiger partial charge < -0.3 is 9.47 Å². The Hall–Kier alpha value is -1.86. The second-order valence-corrected chi connectivity index (χ2v) is 8.07. The summed E-state index contributed by atoms with van der Waals surface area (Å²) in [5.41, 5.74) is 0.912. The Morgan fingerprint density at radius 1 is 1.30 bits per heavy atom. The molecule has 7 heteroatoms. The van der Waals surface area contributed by atoms with Crippen molar-refractivity contribution in [3.05, 3.63) is 34.7 Å². The Labute approximate surface area is 170 Å². The van der Waals surface area contributed by atoms with Crippen molar-refractivity contribution in [1.29, 1.82) is 0 Å². The third kappa shape index (κ3) is 6.66. The van der Waals surface area contributed by atoms with Gasteiger partial charge in [-0.05, 0) is 50.5 Å². The van der Waals surface area contributed by atoms with E-state index >= 15 is 0 Å². The van der Waals surface area contributed by atoms with Crippen LogP contribution in [0.3, 0.4) is 0 Å². The number of benzene rings is 1. The number of amides is 1. The van der Waals surface area contributed by atoms with Crippen LogP contribution in [0.2, 0.25) is 0 Å². The SMILES string of the molecule is CCCOC(=O)CCCN1C(=O)/C(=C/c2ccc(OC(C)C)cc2)SC1=S. The van der Waals surface area contributed by atoms with Crippen LogP contribution in [0, 0.1) is 0 Å². The molecule has 1 heterocycles. The van der Waals surface area contributed by atoms with E-state index in [4.69, 9.17) is 21.7 Å². The lowest BCUT2D eigenvalue weighted by Crippen LogP contribution is -2.29. The average molecular weight is 408 g/mol. The second kappa shape index (κ2) is 10.5. The van der Waals surface area contributed by atoms with Gasteiger partial charge in [-0.3, -0.25) is 14.5 Å². The number of carbonyl (C=O) groups excluding carboxylic acids is 2. The Bertz CT molecular complexity index is 713. The predicted octanol–water partition coefficient (Wildman–Crippen LogP) is 4.41. The Balaban J connectivity index is 1.92. The molecule has 146 valence electrons. The molecular formula is C20H25NO4S2. The van der Waals surface area contributed by atoms with Gasteiger partial charge in [-0.25, -0.2) is 0 Å². The maximum absolute atomic E-state index is 12.6. The van der Waals surface area contributed by atoms with Crippen molar-refractivity contribution in [3.8, 4) is 5.75 Å². The van der Waals surface area contributed by atoms with Gasteiger partial charge in [-0.1, -0.05) is 43.0 Å². The maximum atomic E-state index is 12.6. The van der Waals surface area contributed by atoms with E-state index in [0.29, 0.717) is 28.8 Å². The Morgan fingerprint density at radius 3 is 2.63 bits per heavy atom. The highest BCUT2D eigenvalue weighted by molar-refractivity contribution is 8.26. The minimum atomic E-state index is -0.235. The second-order valence-electron chi connectivity index (χ2n) is 6.39. The fourth-order valence-electron chi connectivity index (χ4n) is 2.43. The van der Waals surface area contributed by atoms with Gasteiger partial charge in [-0.2, -0.15) is 0 Å². The fraction of sp³-hybridized carbons (Fsp3) is 0.450. The molecule has 2 rings (SSSR count). The molecule has 0 spiro atoms. The Morgan fingerprint density at radius 2 is 2.00 bits per heavy atom. The molecule has 0 aromatic heterocycles. The van der Waals surface area contributed by atoms with E-state index < -0.39 is 0 Å². The van der Waals surface area contributed by atoms with E-state index in [1.165, 1.54) is 11.8 Å². The van der Waals surface area contributed by atoms with Crippen LogP contribution in [0.5, 0.6) is 5.75 Å². The summed E-state index contributed by atoms with van der Waals surface area (Å²) in [6.07, 6.45) is 3.56. The van der Waals surface area contributed by atoms with Gasteiger partial charge in [0, 0.05) is 13.0 Å². The molecule has 0 bridgehead atoms. The number of nitrogens with zero attached hydrogens (tertiary/aromatic N) is 1. The normalized spacial score (nSPS) is 15.7. The van der Waals surface area contributed by atoms with Gasteiger partial charge in [0.2, 0.25) is 0 Å². The number of carbonyl (C=O) groups is 2. The van der Waals surface area contributed by atoms with E-state index in [9.17, 15) is 9.59 Å². The summed E-state index contributed by atoms with van der Waals surface area (Å²) in [4.78, 5) is 26.3. The van der Waals surface area contributed by atoms with Crippen LogP contribution in [-0.2, 0) is 14.3 Å². The standard InChI is InChI=1S/C20H25NO4S2/c1-4-12-24-18(22)6-5-11-21-19(23)17(27-20(21)26)13-15-7-9-16(10-8-15)25-14(2)3/h7-10,13-14H,4-6,11-12H2,1-3H3/b17-13-. The molecular weight excluding hydrogens is 382 g/mol. The molecule has 0 radical (unpaired) electrons. The lowest BCUT2D eigenvalue weighted by molar-refractivity contribution is -0.144. The summed E-state index contributed by atoms with van der Waals surface area (Å²) < 4.78 is 11.2. The van der Waals surface area contributed by atoms with Gasteiger partial charge in [0.15, 0.2) is 0 Å². The third-order valence-corrected chi connectivity index (χ3v) is 5.03. The number of ether oxygens (including phenoxy) is 2. The zero-order valence-electron chi connectivity index (χ0n) is 15.9. The minimum absolute atomic E-state index is 0.116. The topological polar surface area (TPSA) is 55.8 Å². The highest BCUT2D eigenvalue weighted by atomic mass is 32.2. The van der Waals surface area contributed by atoms with Crippen molar-refractivity contribution in [3.63, 3.8) is 0 Å². The molecule has 1 aromatic rings. The smallest absolute Gasteiger partial charge is 0.305 e. The molecule has 27 heavy (non-hydrogen) atoms. The van der Waals surface area contributed by atoms with Crippen LogP contribution in [0.15, 0.2) is 29.2 Å². The van der Waals surface area contributed by atoms with Crippen molar-refractivity contribution in [1.82, 2.24) is 4.90 Å². The van der Waals surface area contributed by atoms with Crippen molar-refractivity contribution in [2.75, 3.05) is 13.2 Å². The summed E-state index contributed by atoms with van der Waals surface area (Å²) >= 11 is 6.60. The van der Waals surface area contributed by atoms with Crippen LogP contribution >= 0.6 is 24.0 Å². The molecule has 0 unspecified atom stereocenters. The molecule has 1 aromatic carbocycles. The van der Waals surface area contributed by atoms with Gasteiger partial charge in [0.1, 0.15) is 10.1 Å². The summed E-state index contributed by atoms with van der Waals surface area (Å²) in [5.74, 6) is 0.445. The van der Waals surface area contributed by atoms with E-state index in [2.05, 4.69) is 0 Å². The third-order valence-electron chi connectivity index (χ3n) is 3.65. The van der Waals surface area contributed by atoms with Crippen LogP contribution < -0.4 is 4.74 Å². The van der Waals surface area contributed by atoms with Crippen molar-refractivity contribution < 1.29 is 19.1 Å². The molecule has 1 aliphatic rings. The van der Waals surface area contributed by atoms with E-state index in [1.54, 1.807) is 4.90 Å². The first kappa shape index (κ1) is 21.4. The molecule has 0 saturated carbocycles. The molecule has 0 atom stereocenters. The van der Waals surface area contributed by atoms with E-state index in [-0.39, 0.29) is 24.4 Å². The number of hydrogen-bond donors (Lipinski definition) is 0. The summed E-state index contributed by atoms with van der Waals surface area (Å²) in [5, 5.41) is 0. The van der Waals surface area contributed by atoms with Gasteiger partial charge >= 0.3 is 5.97 Å². The number of rotatable bonds is 9. The van der Waals surface area contributed by atoms with Crippen LogP contribution in [-0.4, -0.2) is 40.4 Å². The van der Waals surface area contributed by atoms with Crippen LogP contribution in [0.1, 0.15) is 45.6 Å². The fourth-order valence-corrected chi connectivity index (χ4v) is 3.74. The first-order valence-corrected chi connectivity index (χ1v) is 10.3. The summed E-state index contributed by atoms with van der Waals surface area (Å²) in [6, 6.07) is 7.59. The van der Waals surface area contributed by atoms with Crippen LogP contribution in [0.4, 0.5) is 0 Å². The van der Waals surface area contributed by atoms with Crippen molar-refractivity contribution >= 4 is 46.3 Å². The maximum Gasteiger partial charge on any atom is 0.305 e. The zero-order valence-corrected chi connectivity index (χ0v) is 17.5. The molecule has 1 aliphatic heterocycles. The number of esters is 1. The monoisotopic (exact) mass is 407 g/mol. The van der Waals surface area contributed by atoms with E-state index in [1.807, 2.05) is 51.1 Å². The largest absolute Gasteiger partial charge is 0.491 e. The highest BCUT2D eigenvalue weighted by Gasteiger charge is 2.31.